The van der Waals surface area contributed by atoms with E-state index in [2.05, 4.69) is 10.6 Å². The normalized spacial score (nSPS) is 12.3. The van der Waals surface area contributed by atoms with E-state index in [0.29, 0.717) is 5.69 Å². The number of hydrogen-bond donors (Lipinski definition) is 4. The van der Waals surface area contributed by atoms with Gasteiger partial charge in [-0.05, 0) is 18.2 Å². The van der Waals surface area contributed by atoms with Crippen LogP contribution in [0.15, 0.2) is 24.3 Å². The molecule has 5 nitrogen and oxygen atoms in total. The number of rotatable bonds is 6. The van der Waals surface area contributed by atoms with Gasteiger partial charge in [0.2, 0.25) is 5.91 Å². The Morgan fingerprint density at radius 3 is 2.61 bits per heavy atom. The van der Waals surface area contributed by atoms with Crippen molar-refractivity contribution < 1.29 is 15.0 Å². The van der Waals surface area contributed by atoms with Gasteiger partial charge in [-0.25, -0.2) is 0 Å². The third-order valence-electron chi connectivity index (χ3n) is 2.41. The van der Waals surface area contributed by atoms with Crippen LogP contribution >= 0.6 is 0 Å². The first-order chi connectivity index (χ1) is 8.52. The highest BCUT2D eigenvalue weighted by Gasteiger charge is 2.07. The third kappa shape index (κ3) is 4.73. The molecule has 5 heteroatoms. The molecule has 0 aliphatic rings. The number of aliphatic hydroxyl groups is 2. The van der Waals surface area contributed by atoms with Gasteiger partial charge in [-0.3, -0.25) is 4.79 Å². The first-order valence-electron chi connectivity index (χ1n) is 5.96. The molecule has 1 amide bonds. The van der Waals surface area contributed by atoms with Gasteiger partial charge in [-0.2, -0.15) is 0 Å². The SMILES string of the molecule is CC(C)C(=O)Nc1cccc(NCC(O)CO)c1. The fourth-order valence-corrected chi connectivity index (χ4v) is 1.29. The summed E-state index contributed by atoms with van der Waals surface area (Å²) in [5.74, 6) is -0.111. The molecule has 0 bridgehead atoms. The quantitative estimate of drug-likeness (QED) is 0.610. The molecule has 1 unspecified atom stereocenters. The van der Waals surface area contributed by atoms with E-state index in [4.69, 9.17) is 5.11 Å². The van der Waals surface area contributed by atoms with Crippen molar-refractivity contribution in [1.82, 2.24) is 0 Å². The summed E-state index contributed by atoms with van der Waals surface area (Å²) in [4.78, 5) is 11.5. The molecule has 0 aliphatic carbocycles. The molecule has 1 atom stereocenters. The van der Waals surface area contributed by atoms with Gasteiger partial charge in [-0.15, -0.1) is 0 Å². The minimum Gasteiger partial charge on any atom is -0.394 e. The van der Waals surface area contributed by atoms with E-state index in [0.717, 1.165) is 5.69 Å². The van der Waals surface area contributed by atoms with E-state index in [1.807, 2.05) is 26.0 Å². The van der Waals surface area contributed by atoms with Crippen LogP contribution in [0.3, 0.4) is 0 Å². The molecule has 0 spiro atoms. The number of anilines is 2. The molecular weight excluding hydrogens is 232 g/mol. The summed E-state index contributed by atoms with van der Waals surface area (Å²) in [6.45, 7) is 3.64. The zero-order chi connectivity index (χ0) is 13.5. The van der Waals surface area contributed by atoms with Crippen LogP contribution in [-0.2, 0) is 4.79 Å². The minimum absolute atomic E-state index is 0.0393. The Morgan fingerprint density at radius 2 is 2.00 bits per heavy atom. The summed E-state index contributed by atoms with van der Waals surface area (Å²) in [6.07, 6.45) is -0.793. The maximum atomic E-state index is 11.5. The van der Waals surface area contributed by atoms with Crippen molar-refractivity contribution in [2.24, 2.45) is 5.92 Å². The van der Waals surface area contributed by atoms with Crippen LogP contribution in [0.25, 0.3) is 0 Å². The van der Waals surface area contributed by atoms with Crippen LogP contribution in [0.5, 0.6) is 0 Å². The van der Waals surface area contributed by atoms with Gasteiger partial charge in [-0.1, -0.05) is 19.9 Å². The predicted octanol–water partition coefficient (Wildman–Crippen LogP) is 1.05. The van der Waals surface area contributed by atoms with Crippen molar-refractivity contribution in [3.05, 3.63) is 24.3 Å². The molecule has 1 aromatic rings. The fraction of sp³-hybridized carbons (Fsp3) is 0.462. The molecule has 0 fully saturated rings. The van der Waals surface area contributed by atoms with Crippen LogP contribution in [0.1, 0.15) is 13.8 Å². The Balaban J connectivity index is 2.59. The van der Waals surface area contributed by atoms with Crippen molar-refractivity contribution in [3.63, 3.8) is 0 Å². The van der Waals surface area contributed by atoms with Crippen LogP contribution in [-0.4, -0.2) is 35.4 Å². The molecule has 0 aromatic heterocycles. The van der Waals surface area contributed by atoms with E-state index in [1.165, 1.54) is 0 Å². The highest BCUT2D eigenvalue weighted by molar-refractivity contribution is 5.92. The molecule has 0 aliphatic heterocycles. The second-order valence-electron chi connectivity index (χ2n) is 4.44. The zero-order valence-corrected chi connectivity index (χ0v) is 10.7. The van der Waals surface area contributed by atoms with Crippen molar-refractivity contribution in [1.29, 1.82) is 0 Å². The molecule has 0 saturated carbocycles. The van der Waals surface area contributed by atoms with Crippen molar-refractivity contribution in [2.45, 2.75) is 20.0 Å². The molecule has 18 heavy (non-hydrogen) atoms. The third-order valence-corrected chi connectivity index (χ3v) is 2.41. The first kappa shape index (κ1) is 14.5. The molecule has 4 N–H and O–H groups in total. The van der Waals surface area contributed by atoms with E-state index >= 15 is 0 Å². The zero-order valence-electron chi connectivity index (χ0n) is 10.7. The lowest BCUT2D eigenvalue weighted by molar-refractivity contribution is -0.118. The average Bonchev–Trinajstić information content (AvgIpc) is 2.36. The molecule has 1 rings (SSSR count). The smallest absolute Gasteiger partial charge is 0.226 e. The second-order valence-corrected chi connectivity index (χ2v) is 4.44. The second kappa shape index (κ2) is 6.98. The number of nitrogens with one attached hydrogen (secondary N) is 2. The van der Waals surface area contributed by atoms with Gasteiger partial charge in [0.1, 0.15) is 0 Å². The van der Waals surface area contributed by atoms with E-state index in [9.17, 15) is 9.90 Å². The molecule has 1 aromatic carbocycles. The van der Waals surface area contributed by atoms with Crippen LogP contribution in [0.4, 0.5) is 11.4 Å². The van der Waals surface area contributed by atoms with Gasteiger partial charge in [0.15, 0.2) is 0 Å². The van der Waals surface area contributed by atoms with Gasteiger partial charge < -0.3 is 20.8 Å². The Hall–Kier alpha value is -1.59. The lowest BCUT2D eigenvalue weighted by Crippen LogP contribution is -2.23. The van der Waals surface area contributed by atoms with E-state index < -0.39 is 6.10 Å². The lowest BCUT2D eigenvalue weighted by atomic mass is 10.2. The Morgan fingerprint density at radius 1 is 1.33 bits per heavy atom. The highest BCUT2D eigenvalue weighted by Crippen LogP contribution is 2.15. The number of carbonyl (C=O) groups is 1. The van der Waals surface area contributed by atoms with Crippen LogP contribution in [0.2, 0.25) is 0 Å². The standard InChI is InChI=1S/C13H20N2O3/c1-9(2)13(18)15-11-5-3-4-10(6-11)14-7-12(17)8-16/h3-6,9,12,14,16-17H,7-8H2,1-2H3,(H,15,18). The number of aliphatic hydroxyl groups excluding tert-OH is 2. The average molecular weight is 252 g/mol. The Kier molecular flexibility index (Phi) is 5.61. The van der Waals surface area contributed by atoms with Crippen LogP contribution < -0.4 is 10.6 Å². The number of carbonyl (C=O) groups excluding carboxylic acids is 1. The summed E-state index contributed by atoms with van der Waals surface area (Å²) in [7, 11) is 0. The fourth-order valence-electron chi connectivity index (χ4n) is 1.29. The lowest BCUT2D eigenvalue weighted by Gasteiger charge is -2.12. The summed E-state index contributed by atoms with van der Waals surface area (Å²) in [5, 5.41) is 23.7. The highest BCUT2D eigenvalue weighted by atomic mass is 16.3. The van der Waals surface area contributed by atoms with Crippen molar-refractivity contribution in [3.8, 4) is 0 Å². The van der Waals surface area contributed by atoms with Crippen molar-refractivity contribution in [2.75, 3.05) is 23.8 Å². The molecule has 0 heterocycles. The molecular formula is C13H20N2O3. The van der Waals surface area contributed by atoms with Gasteiger partial charge >= 0.3 is 0 Å². The number of benzene rings is 1. The van der Waals surface area contributed by atoms with Gasteiger partial charge in [0.05, 0.1) is 12.7 Å². The van der Waals surface area contributed by atoms with Crippen LogP contribution in [0, 0.1) is 5.92 Å². The van der Waals surface area contributed by atoms with Gasteiger partial charge in [0, 0.05) is 23.8 Å². The largest absolute Gasteiger partial charge is 0.394 e. The topological polar surface area (TPSA) is 81.6 Å². The number of amides is 1. The monoisotopic (exact) mass is 252 g/mol. The van der Waals surface area contributed by atoms with Crippen molar-refractivity contribution >= 4 is 17.3 Å². The maximum Gasteiger partial charge on any atom is 0.226 e. The molecule has 0 saturated heterocycles. The van der Waals surface area contributed by atoms with E-state index in [-0.39, 0.29) is 25.0 Å². The first-order valence-corrected chi connectivity index (χ1v) is 5.96. The molecule has 0 radical (unpaired) electrons. The summed E-state index contributed by atoms with van der Waals surface area (Å²) in [5.41, 5.74) is 1.49. The predicted molar refractivity (Wildman–Crippen MR) is 71.5 cm³/mol. The summed E-state index contributed by atoms with van der Waals surface area (Å²) >= 11 is 0. The minimum atomic E-state index is -0.793. The Bertz CT molecular complexity index is 394. The number of hydrogen-bond acceptors (Lipinski definition) is 4. The van der Waals surface area contributed by atoms with Gasteiger partial charge in [0.25, 0.3) is 0 Å². The Labute approximate surface area is 107 Å². The summed E-state index contributed by atoms with van der Waals surface area (Å²) in [6, 6.07) is 7.22. The molecule has 100 valence electrons. The van der Waals surface area contributed by atoms with E-state index in [1.54, 1.807) is 12.1 Å². The maximum absolute atomic E-state index is 11.5. The summed E-state index contributed by atoms with van der Waals surface area (Å²) < 4.78 is 0.